The van der Waals surface area contributed by atoms with Gasteiger partial charge in [-0.3, -0.25) is 0 Å². The minimum Gasteiger partial charge on any atom is -0.465 e. The van der Waals surface area contributed by atoms with Crippen LogP contribution in [0.2, 0.25) is 0 Å². The Kier molecular flexibility index (Phi) is 4.65. The number of aliphatic hydroxyl groups excluding tert-OH is 1. The van der Waals surface area contributed by atoms with Crippen molar-refractivity contribution in [2.75, 3.05) is 20.2 Å². The molecule has 0 aromatic heterocycles. The molecule has 1 aliphatic rings. The van der Waals surface area contributed by atoms with Crippen molar-refractivity contribution in [1.29, 1.82) is 0 Å². The van der Waals surface area contributed by atoms with Crippen LogP contribution in [0.15, 0.2) is 23.1 Å². The maximum Gasteiger partial charge on any atom is 0.337 e. The normalized spacial score (nSPS) is 20.2. The van der Waals surface area contributed by atoms with Crippen LogP contribution in [0, 0.1) is 6.92 Å². The molecule has 0 aliphatic carbocycles. The van der Waals surface area contributed by atoms with Crippen LogP contribution in [0.25, 0.3) is 0 Å². The maximum atomic E-state index is 12.7. The molecule has 0 amide bonds. The van der Waals surface area contributed by atoms with Crippen LogP contribution in [-0.4, -0.2) is 50.1 Å². The molecule has 1 atom stereocenters. The van der Waals surface area contributed by atoms with Gasteiger partial charge in [0, 0.05) is 13.1 Å². The predicted molar refractivity (Wildman–Crippen MR) is 76.5 cm³/mol. The average Bonchev–Trinajstić information content (AvgIpc) is 2.46. The van der Waals surface area contributed by atoms with Crippen LogP contribution in [0.3, 0.4) is 0 Å². The molecule has 0 spiro atoms. The Morgan fingerprint density at radius 3 is 2.76 bits per heavy atom. The van der Waals surface area contributed by atoms with Crippen LogP contribution < -0.4 is 0 Å². The fourth-order valence-electron chi connectivity index (χ4n) is 2.40. The van der Waals surface area contributed by atoms with E-state index in [1.807, 2.05) is 0 Å². The number of ether oxygens (including phenoxy) is 1. The van der Waals surface area contributed by atoms with Gasteiger partial charge < -0.3 is 9.84 Å². The Hall–Kier alpha value is -1.44. The number of piperidine rings is 1. The summed E-state index contributed by atoms with van der Waals surface area (Å²) in [6.07, 6.45) is 0.584. The van der Waals surface area contributed by atoms with E-state index in [0.717, 1.165) is 0 Å². The van der Waals surface area contributed by atoms with Crippen LogP contribution in [-0.2, 0) is 14.8 Å². The monoisotopic (exact) mass is 313 g/mol. The fraction of sp³-hybridized carbons (Fsp3) is 0.500. The molecule has 0 bridgehead atoms. The standard InChI is InChI=1S/C14H19NO5S/c1-10-5-6-11(14(17)20-2)8-13(10)21(18,19)15-7-3-4-12(16)9-15/h5-6,8,12,16H,3-4,7,9H2,1-2H3. The van der Waals surface area contributed by atoms with E-state index in [1.54, 1.807) is 13.0 Å². The predicted octanol–water partition coefficient (Wildman–Crippen LogP) is 0.927. The lowest BCUT2D eigenvalue weighted by atomic mass is 10.1. The number of benzene rings is 1. The first-order chi connectivity index (χ1) is 9.86. The average molecular weight is 313 g/mol. The number of esters is 1. The van der Waals surface area contributed by atoms with Gasteiger partial charge in [0.2, 0.25) is 10.0 Å². The molecule has 1 aliphatic heterocycles. The van der Waals surface area contributed by atoms with E-state index in [0.29, 0.717) is 24.9 Å². The third-order valence-electron chi connectivity index (χ3n) is 3.59. The lowest BCUT2D eigenvalue weighted by molar-refractivity contribution is 0.0600. The van der Waals surface area contributed by atoms with Gasteiger partial charge >= 0.3 is 5.97 Å². The van der Waals surface area contributed by atoms with Crippen molar-refractivity contribution >= 4 is 16.0 Å². The maximum absolute atomic E-state index is 12.7. The van der Waals surface area contributed by atoms with Gasteiger partial charge in [0.15, 0.2) is 0 Å². The quantitative estimate of drug-likeness (QED) is 0.839. The minimum atomic E-state index is -3.72. The zero-order valence-electron chi connectivity index (χ0n) is 12.1. The summed E-state index contributed by atoms with van der Waals surface area (Å²) in [4.78, 5) is 11.6. The van der Waals surface area contributed by atoms with Crippen LogP contribution >= 0.6 is 0 Å². The van der Waals surface area contributed by atoms with Crippen molar-refractivity contribution in [3.8, 4) is 0 Å². The Morgan fingerprint density at radius 1 is 1.43 bits per heavy atom. The molecule has 0 radical (unpaired) electrons. The Bertz CT molecular complexity index is 641. The molecule has 1 fully saturated rings. The Labute approximate surface area is 124 Å². The molecule has 1 unspecified atom stereocenters. The number of β-amino-alcohol motifs (C(OH)–C–C–N with tert-alkyl or cyclic N) is 1. The zero-order chi connectivity index (χ0) is 15.6. The van der Waals surface area contributed by atoms with Crippen molar-refractivity contribution in [3.63, 3.8) is 0 Å². The SMILES string of the molecule is COC(=O)c1ccc(C)c(S(=O)(=O)N2CCCC(O)C2)c1. The summed E-state index contributed by atoms with van der Waals surface area (Å²) < 4.78 is 31.2. The van der Waals surface area contributed by atoms with Gasteiger partial charge in [-0.2, -0.15) is 4.31 Å². The van der Waals surface area contributed by atoms with Gasteiger partial charge in [-0.15, -0.1) is 0 Å². The zero-order valence-corrected chi connectivity index (χ0v) is 12.9. The smallest absolute Gasteiger partial charge is 0.337 e. The molecule has 1 saturated heterocycles. The third kappa shape index (κ3) is 3.25. The first-order valence-corrected chi connectivity index (χ1v) is 8.17. The van der Waals surface area contributed by atoms with Crippen molar-refractivity contribution < 1.29 is 23.1 Å². The number of aliphatic hydroxyl groups is 1. The Balaban J connectivity index is 2.41. The first-order valence-electron chi connectivity index (χ1n) is 6.73. The van der Waals surface area contributed by atoms with E-state index in [1.165, 1.54) is 23.5 Å². The molecule has 116 valence electrons. The second-order valence-corrected chi connectivity index (χ2v) is 7.04. The van der Waals surface area contributed by atoms with Crippen molar-refractivity contribution in [3.05, 3.63) is 29.3 Å². The van der Waals surface area contributed by atoms with Gasteiger partial charge in [-0.25, -0.2) is 13.2 Å². The lowest BCUT2D eigenvalue weighted by Crippen LogP contribution is -2.42. The van der Waals surface area contributed by atoms with E-state index in [9.17, 15) is 18.3 Å². The summed E-state index contributed by atoms with van der Waals surface area (Å²) in [6.45, 7) is 2.14. The fourth-order valence-corrected chi connectivity index (χ4v) is 4.17. The summed E-state index contributed by atoms with van der Waals surface area (Å²) in [5.41, 5.74) is 0.752. The van der Waals surface area contributed by atoms with E-state index in [2.05, 4.69) is 4.74 Å². The van der Waals surface area contributed by atoms with E-state index in [4.69, 9.17) is 0 Å². The highest BCUT2D eigenvalue weighted by atomic mass is 32.2. The van der Waals surface area contributed by atoms with Crippen LogP contribution in [0.1, 0.15) is 28.8 Å². The molecule has 21 heavy (non-hydrogen) atoms. The highest BCUT2D eigenvalue weighted by Crippen LogP contribution is 2.24. The number of carbonyl (C=O) groups is 1. The van der Waals surface area contributed by atoms with Crippen molar-refractivity contribution in [2.24, 2.45) is 0 Å². The van der Waals surface area contributed by atoms with E-state index < -0.39 is 22.1 Å². The molecular weight excluding hydrogens is 294 g/mol. The van der Waals surface area contributed by atoms with E-state index >= 15 is 0 Å². The van der Waals surface area contributed by atoms with Gasteiger partial charge in [-0.05, 0) is 37.5 Å². The number of sulfonamides is 1. The number of rotatable bonds is 3. The van der Waals surface area contributed by atoms with Gasteiger partial charge in [0.25, 0.3) is 0 Å². The van der Waals surface area contributed by atoms with Crippen LogP contribution in [0.4, 0.5) is 0 Å². The molecule has 1 heterocycles. The molecule has 7 heteroatoms. The third-order valence-corrected chi connectivity index (χ3v) is 5.59. The number of carbonyl (C=O) groups excluding carboxylic acids is 1. The molecule has 1 aromatic carbocycles. The molecular formula is C14H19NO5S. The first kappa shape index (κ1) is 15.9. The van der Waals surface area contributed by atoms with Gasteiger partial charge in [-0.1, -0.05) is 6.07 Å². The van der Waals surface area contributed by atoms with Gasteiger partial charge in [0.05, 0.1) is 23.7 Å². The topological polar surface area (TPSA) is 83.9 Å². The lowest BCUT2D eigenvalue weighted by Gasteiger charge is -2.29. The number of hydrogen-bond donors (Lipinski definition) is 1. The number of aryl methyl sites for hydroxylation is 1. The van der Waals surface area contributed by atoms with Gasteiger partial charge in [0.1, 0.15) is 0 Å². The summed E-state index contributed by atoms with van der Waals surface area (Å²) in [6, 6.07) is 4.45. The summed E-state index contributed by atoms with van der Waals surface area (Å²) in [7, 11) is -2.48. The second-order valence-electron chi connectivity index (χ2n) is 5.13. The summed E-state index contributed by atoms with van der Waals surface area (Å²) >= 11 is 0. The highest BCUT2D eigenvalue weighted by Gasteiger charge is 2.31. The molecule has 1 aromatic rings. The highest BCUT2D eigenvalue weighted by molar-refractivity contribution is 7.89. The molecule has 1 N–H and O–H groups in total. The second kappa shape index (κ2) is 6.13. The van der Waals surface area contributed by atoms with Crippen LogP contribution in [0.5, 0.6) is 0 Å². The van der Waals surface area contributed by atoms with Crippen molar-refractivity contribution in [1.82, 2.24) is 4.31 Å². The molecule has 6 nitrogen and oxygen atoms in total. The summed E-state index contributed by atoms with van der Waals surface area (Å²) in [5, 5.41) is 9.66. The molecule has 2 rings (SSSR count). The number of hydrogen-bond acceptors (Lipinski definition) is 5. The minimum absolute atomic E-state index is 0.0829. The largest absolute Gasteiger partial charge is 0.465 e. The Morgan fingerprint density at radius 2 is 2.14 bits per heavy atom. The molecule has 0 saturated carbocycles. The number of nitrogens with zero attached hydrogens (tertiary/aromatic N) is 1. The number of methoxy groups -OCH3 is 1. The van der Waals surface area contributed by atoms with Crippen molar-refractivity contribution in [2.45, 2.75) is 30.8 Å². The summed E-state index contributed by atoms with van der Waals surface area (Å²) in [5.74, 6) is -0.579. The van der Waals surface area contributed by atoms with E-state index in [-0.39, 0.29) is 17.0 Å².